The van der Waals surface area contributed by atoms with Crippen LogP contribution in [0.5, 0.6) is 0 Å². The zero-order valence-corrected chi connectivity index (χ0v) is 11.1. The Labute approximate surface area is 109 Å². The molecule has 1 heterocycles. The van der Waals surface area contributed by atoms with Crippen LogP contribution in [0.2, 0.25) is 0 Å². The van der Waals surface area contributed by atoms with Crippen molar-refractivity contribution in [3.8, 4) is 0 Å². The molecular formula is C12H17N3O2S. The van der Waals surface area contributed by atoms with Crippen molar-refractivity contribution in [3.05, 3.63) is 23.8 Å². The van der Waals surface area contributed by atoms with Crippen molar-refractivity contribution in [3.63, 3.8) is 0 Å². The number of benzene rings is 1. The fourth-order valence-corrected chi connectivity index (χ4v) is 2.98. The summed E-state index contributed by atoms with van der Waals surface area (Å²) in [5.74, 6) is 0.455. The van der Waals surface area contributed by atoms with E-state index in [-0.39, 0.29) is 6.03 Å². The molecule has 1 saturated heterocycles. The highest BCUT2D eigenvalue weighted by Crippen LogP contribution is 2.16. The van der Waals surface area contributed by atoms with Gasteiger partial charge in [-0.05, 0) is 30.7 Å². The van der Waals surface area contributed by atoms with Crippen LogP contribution in [0.15, 0.2) is 23.1 Å². The van der Waals surface area contributed by atoms with Crippen molar-refractivity contribution < 1.29 is 9.00 Å². The molecule has 0 bridgehead atoms. The zero-order valence-electron chi connectivity index (χ0n) is 10.3. The van der Waals surface area contributed by atoms with E-state index in [2.05, 4.69) is 5.32 Å². The lowest BCUT2D eigenvalue weighted by atomic mass is 10.2. The SMILES string of the molecule is Cc1cc(S(=O)CCN2CCNC2=O)ccc1N. The average molecular weight is 267 g/mol. The Balaban J connectivity index is 1.95. The van der Waals surface area contributed by atoms with Crippen LogP contribution < -0.4 is 11.1 Å². The second-order valence-corrected chi connectivity index (χ2v) is 5.86. The molecule has 0 aromatic heterocycles. The number of aryl methyl sites for hydroxylation is 1. The second kappa shape index (κ2) is 5.39. The standard InChI is InChI=1S/C12H17N3O2S/c1-9-8-10(2-3-11(9)13)18(17)7-6-15-5-4-14-12(15)16/h2-3,8H,4-7,13H2,1H3,(H,14,16). The number of nitrogen functional groups attached to an aromatic ring is 1. The lowest BCUT2D eigenvalue weighted by molar-refractivity contribution is 0.220. The monoisotopic (exact) mass is 267 g/mol. The molecule has 0 aliphatic carbocycles. The first-order chi connectivity index (χ1) is 8.58. The maximum atomic E-state index is 12.1. The Hall–Kier alpha value is -1.56. The molecule has 1 atom stereocenters. The number of amides is 2. The zero-order chi connectivity index (χ0) is 13.1. The van der Waals surface area contributed by atoms with Crippen molar-refractivity contribution in [1.29, 1.82) is 0 Å². The molecule has 1 aliphatic rings. The molecule has 98 valence electrons. The Bertz CT molecular complexity index is 490. The van der Waals surface area contributed by atoms with Crippen molar-refractivity contribution in [2.24, 2.45) is 0 Å². The number of nitrogens with two attached hydrogens (primary N) is 1. The molecule has 1 fully saturated rings. The topological polar surface area (TPSA) is 75.4 Å². The molecule has 0 radical (unpaired) electrons. The van der Waals surface area contributed by atoms with Crippen molar-refractivity contribution in [2.45, 2.75) is 11.8 Å². The first-order valence-electron chi connectivity index (χ1n) is 5.85. The summed E-state index contributed by atoms with van der Waals surface area (Å²) in [4.78, 5) is 13.8. The maximum Gasteiger partial charge on any atom is 0.317 e. The Morgan fingerprint density at radius 2 is 2.28 bits per heavy atom. The number of urea groups is 1. The Kier molecular flexibility index (Phi) is 3.86. The summed E-state index contributed by atoms with van der Waals surface area (Å²) in [6.07, 6.45) is 0. The second-order valence-electron chi connectivity index (χ2n) is 4.29. The number of nitrogens with one attached hydrogen (secondary N) is 1. The largest absolute Gasteiger partial charge is 0.399 e. The van der Waals surface area contributed by atoms with E-state index in [4.69, 9.17) is 5.73 Å². The molecule has 0 saturated carbocycles. The fraction of sp³-hybridized carbons (Fsp3) is 0.417. The van der Waals surface area contributed by atoms with E-state index in [1.54, 1.807) is 17.0 Å². The number of anilines is 1. The molecule has 18 heavy (non-hydrogen) atoms. The van der Waals surface area contributed by atoms with Gasteiger partial charge >= 0.3 is 6.03 Å². The van der Waals surface area contributed by atoms with E-state index in [1.165, 1.54) is 0 Å². The van der Waals surface area contributed by atoms with Gasteiger partial charge in [-0.1, -0.05) is 0 Å². The number of carbonyl (C=O) groups is 1. The summed E-state index contributed by atoms with van der Waals surface area (Å²) >= 11 is 0. The fourth-order valence-electron chi connectivity index (χ4n) is 1.83. The third kappa shape index (κ3) is 2.81. The Morgan fingerprint density at radius 1 is 1.50 bits per heavy atom. The lowest BCUT2D eigenvalue weighted by Crippen LogP contribution is -2.31. The molecule has 1 unspecified atom stereocenters. The van der Waals surface area contributed by atoms with Crippen molar-refractivity contribution >= 4 is 22.5 Å². The van der Waals surface area contributed by atoms with Gasteiger partial charge in [-0.15, -0.1) is 0 Å². The van der Waals surface area contributed by atoms with Gasteiger partial charge in [0.1, 0.15) is 0 Å². The van der Waals surface area contributed by atoms with Gasteiger partial charge in [0.2, 0.25) is 0 Å². The van der Waals surface area contributed by atoms with Crippen molar-refractivity contribution in [1.82, 2.24) is 10.2 Å². The minimum Gasteiger partial charge on any atom is -0.399 e. The highest BCUT2D eigenvalue weighted by molar-refractivity contribution is 7.85. The smallest absolute Gasteiger partial charge is 0.317 e. The molecule has 2 amide bonds. The van der Waals surface area contributed by atoms with Gasteiger partial charge in [0.25, 0.3) is 0 Å². The van der Waals surface area contributed by atoms with Crippen molar-refractivity contribution in [2.75, 3.05) is 31.1 Å². The molecule has 3 N–H and O–H groups in total. The molecule has 5 nitrogen and oxygen atoms in total. The minimum absolute atomic E-state index is 0.0690. The minimum atomic E-state index is -1.09. The van der Waals surface area contributed by atoms with Crippen LogP contribution in [0.4, 0.5) is 10.5 Å². The van der Waals surface area contributed by atoms with E-state index >= 15 is 0 Å². The van der Waals surface area contributed by atoms with Crippen LogP contribution in [-0.2, 0) is 10.8 Å². The van der Waals surface area contributed by atoms with E-state index < -0.39 is 10.8 Å². The maximum absolute atomic E-state index is 12.1. The summed E-state index contributed by atoms with van der Waals surface area (Å²) in [5, 5.41) is 2.72. The molecular weight excluding hydrogens is 250 g/mol. The summed E-state index contributed by atoms with van der Waals surface area (Å²) in [7, 11) is -1.09. The van der Waals surface area contributed by atoms with Crippen LogP contribution >= 0.6 is 0 Å². The molecule has 0 spiro atoms. The Morgan fingerprint density at radius 3 is 2.89 bits per heavy atom. The molecule has 6 heteroatoms. The number of rotatable bonds is 4. The summed E-state index contributed by atoms with van der Waals surface area (Å²) < 4.78 is 12.1. The molecule has 1 aliphatic heterocycles. The van der Waals surface area contributed by atoms with Gasteiger partial charge in [0, 0.05) is 36.0 Å². The van der Waals surface area contributed by atoms with E-state index in [9.17, 15) is 9.00 Å². The van der Waals surface area contributed by atoms with Crippen LogP contribution in [-0.4, -0.2) is 40.5 Å². The quantitative estimate of drug-likeness (QED) is 0.789. The normalized spacial score (nSPS) is 16.7. The van der Waals surface area contributed by atoms with Gasteiger partial charge < -0.3 is 16.0 Å². The third-order valence-electron chi connectivity index (χ3n) is 3.00. The van der Waals surface area contributed by atoms with E-state index in [0.717, 1.165) is 10.5 Å². The van der Waals surface area contributed by atoms with Crippen LogP contribution in [0.1, 0.15) is 5.56 Å². The predicted molar refractivity (Wildman–Crippen MR) is 71.8 cm³/mol. The number of nitrogens with zero attached hydrogens (tertiary/aromatic N) is 1. The van der Waals surface area contributed by atoms with E-state index in [0.29, 0.717) is 31.1 Å². The molecule has 1 aromatic carbocycles. The van der Waals surface area contributed by atoms with Gasteiger partial charge in [0.15, 0.2) is 0 Å². The summed E-state index contributed by atoms with van der Waals surface area (Å²) in [6.45, 7) is 3.77. The van der Waals surface area contributed by atoms with Crippen LogP contribution in [0.3, 0.4) is 0 Å². The molecule has 1 aromatic rings. The predicted octanol–water partition coefficient (Wildman–Crippen LogP) is 0.710. The highest BCUT2D eigenvalue weighted by Gasteiger charge is 2.19. The third-order valence-corrected chi connectivity index (χ3v) is 4.33. The van der Waals surface area contributed by atoms with Crippen LogP contribution in [0.25, 0.3) is 0 Å². The number of hydrogen-bond acceptors (Lipinski definition) is 3. The summed E-state index contributed by atoms with van der Waals surface area (Å²) in [5.41, 5.74) is 7.35. The highest BCUT2D eigenvalue weighted by atomic mass is 32.2. The number of carbonyl (C=O) groups excluding carboxylic acids is 1. The summed E-state index contributed by atoms with van der Waals surface area (Å²) in [6, 6.07) is 5.32. The number of hydrogen-bond donors (Lipinski definition) is 2. The average Bonchev–Trinajstić information content (AvgIpc) is 2.75. The van der Waals surface area contributed by atoms with E-state index in [1.807, 2.05) is 13.0 Å². The first-order valence-corrected chi connectivity index (χ1v) is 7.17. The van der Waals surface area contributed by atoms with Gasteiger partial charge in [-0.2, -0.15) is 0 Å². The lowest BCUT2D eigenvalue weighted by Gasteiger charge is -2.13. The van der Waals surface area contributed by atoms with Gasteiger partial charge in [-0.3, -0.25) is 4.21 Å². The molecule has 2 rings (SSSR count). The van der Waals surface area contributed by atoms with Gasteiger partial charge in [0.05, 0.1) is 10.8 Å². The first kappa shape index (κ1) is 12.9. The van der Waals surface area contributed by atoms with Gasteiger partial charge in [-0.25, -0.2) is 4.79 Å². The van der Waals surface area contributed by atoms with Crippen LogP contribution in [0, 0.1) is 6.92 Å².